The van der Waals surface area contributed by atoms with Gasteiger partial charge in [-0.05, 0) is 55.5 Å². The van der Waals surface area contributed by atoms with Crippen molar-refractivity contribution in [2.45, 2.75) is 33.2 Å². The molecule has 5 nitrogen and oxygen atoms in total. The largest absolute Gasteiger partial charge is 0.497 e. The fourth-order valence-electron chi connectivity index (χ4n) is 3.10. The van der Waals surface area contributed by atoms with E-state index in [0.717, 1.165) is 50.4 Å². The summed E-state index contributed by atoms with van der Waals surface area (Å²) >= 11 is 0. The summed E-state index contributed by atoms with van der Waals surface area (Å²) in [5.41, 5.74) is 1.36. The van der Waals surface area contributed by atoms with Crippen LogP contribution in [0, 0.1) is 11.8 Å². The average molecular weight is 347 g/mol. The molecule has 0 aromatic heterocycles. The monoisotopic (exact) mass is 346 g/mol. The summed E-state index contributed by atoms with van der Waals surface area (Å²) in [6.07, 6.45) is 2.48. The van der Waals surface area contributed by atoms with Gasteiger partial charge in [-0.15, -0.1) is 0 Å². The minimum Gasteiger partial charge on any atom is -0.497 e. The Morgan fingerprint density at radius 1 is 1.20 bits per heavy atom. The number of nitrogens with one attached hydrogen (secondary N) is 2. The van der Waals surface area contributed by atoms with Crippen molar-refractivity contribution < 1.29 is 4.74 Å². The van der Waals surface area contributed by atoms with Crippen molar-refractivity contribution in [2.75, 3.05) is 40.3 Å². The van der Waals surface area contributed by atoms with Crippen molar-refractivity contribution in [3.8, 4) is 5.75 Å². The number of hydrogen-bond acceptors (Lipinski definition) is 3. The number of likely N-dealkylation sites (tertiary alicyclic amines) is 1. The molecule has 1 aliphatic heterocycles. The van der Waals surface area contributed by atoms with Crippen LogP contribution in [0.5, 0.6) is 5.75 Å². The molecule has 0 atom stereocenters. The smallest absolute Gasteiger partial charge is 0.190 e. The summed E-state index contributed by atoms with van der Waals surface area (Å²) in [7, 11) is 3.55. The highest BCUT2D eigenvalue weighted by molar-refractivity contribution is 5.79. The molecule has 2 N–H and O–H groups in total. The van der Waals surface area contributed by atoms with Gasteiger partial charge in [0.05, 0.1) is 7.11 Å². The van der Waals surface area contributed by atoms with E-state index < -0.39 is 0 Å². The van der Waals surface area contributed by atoms with Gasteiger partial charge in [-0.2, -0.15) is 0 Å². The number of aliphatic imine (C=N–C) groups is 1. The molecule has 1 saturated heterocycles. The van der Waals surface area contributed by atoms with E-state index in [4.69, 9.17) is 4.74 Å². The highest BCUT2D eigenvalue weighted by Gasteiger charge is 2.19. The molecule has 0 saturated carbocycles. The number of hydrogen-bond donors (Lipinski definition) is 2. The molecule has 1 aliphatic rings. The van der Waals surface area contributed by atoms with E-state index >= 15 is 0 Å². The molecule has 140 valence electrons. The first kappa shape index (κ1) is 19.6. The van der Waals surface area contributed by atoms with Crippen LogP contribution in [0.25, 0.3) is 0 Å². The van der Waals surface area contributed by atoms with Gasteiger partial charge in [0.15, 0.2) is 5.96 Å². The molecular weight excluding hydrogens is 312 g/mol. The Hall–Kier alpha value is -1.75. The fourth-order valence-corrected chi connectivity index (χ4v) is 3.10. The number of benzene rings is 1. The van der Waals surface area contributed by atoms with Crippen LogP contribution < -0.4 is 15.4 Å². The predicted octanol–water partition coefficient (Wildman–Crippen LogP) is 2.73. The highest BCUT2D eigenvalue weighted by atomic mass is 16.5. The molecule has 1 fully saturated rings. The Morgan fingerprint density at radius 2 is 1.88 bits per heavy atom. The minimum atomic E-state index is 0.625. The van der Waals surface area contributed by atoms with Gasteiger partial charge >= 0.3 is 0 Å². The molecule has 0 bridgehead atoms. The zero-order chi connectivity index (χ0) is 18.1. The number of methoxy groups -OCH3 is 1. The molecule has 0 radical (unpaired) electrons. The standard InChI is InChI=1S/C20H34N4O/c1-16(2)13-22-20(21-3)23-14-17-9-11-24(12-10-17)15-18-5-7-19(25-4)8-6-18/h5-8,16-17H,9-15H2,1-4H3,(H2,21,22,23). The lowest BCUT2D eigenvalue weighted by Gasteiger charge is -2.32. The predicted molar refractivity (Wildman–Crippen MR) is 105 cm³/mol. The minimum absolute atomic E-state index is 0.625. The summed E-state index contributed by atoms with van der Waals surface area (Å²) < 4.78 is 5.22. The first-order valence-corrected chi connectivity index (χ1v) is 9.40. The number of guanidine groups is 1. The van der Waals surface area contributed by atoms with Crippen LogP contribution in [0.3, 0.4) is 0 Å². The van der Waals surface area contributed by atoms with Crippen molar-refractivity contribution in [3.05, 3.63) is 29.8 Å². The molecule has 2 rings (SSSR count). The Labute approximate surface area is 152 Å². The van der Waals surface area contributed by atoms with Gasteiger partial charge in [0.1, 0.15) is 5.75 Å². The molecule has 5 heteroatoms. The summed E-state index contributed by atoms with van der Waals surface area (Å²) in [6, 6.07) is 8.41. The molecule has 25 heavy (non-hydrogen) atoms. The first-order chi connectivity index (χ1) is 12.1. The van der Waals surface area contributed by atoms with Crippen molar-refractivity contribution in [1.29, 1.82) is 0 Å². The zero-order valence-electron chi connectivity index (χ0n) is 16.2. The molecule has 1 aromatic rings. The van der Waals surface area contributed by atoms with E-state index in [9.17, 15) is 0 Å². The lowest BCUT2D eigenvalue weighted by atomic mass is 9.96. The summed E-state index contributed by atoms with van der Waals surface area (Å²) in [5.74, 6) is 3.20. The second kappa shape index (κ2) is 10.3. The Morgan fingerprint density at radius 3 is 2.44 bits per heavy atom. The number of nitrogens with zero attached hydrogens (tertiary/aromatic N) is 2. The number of ether oxygens (including phenoxy) is 1. The van der Waals surface area contributed by atoms with E-state index in [-0.39, 0.29) is 0 Å². The van der Waals surface area contributed by atoms with E-state index in [1.807, 2.05) is 19.2 Å². The molecular formula is C20H34N4O. The Balaban J connectivity index is 1.68. The maximum absolute atomic E-state index is 5.22. The summed E-state index contributed by atoms with van der Waals surface area (Å²) in [5, 5.41) is 6.86. The second-order valence-electron chi connectivity index (χ2n) is 7.30. The third-order valence-corrected chi connectivity index (χ3v) is 4.73. The molecule has 0 spiro atoms. The Bertz CT molecular complexity index is 519. The second-order valence-corrected chi connectivity index (χ2v) is 7.30. The lowest BCUT2D eigenvalue weighted by Crippen LogP contribution is -2.43. The first-order valence-electron chi connectivity index (χ1n) is 9.40. The molecule has 0 unspecified atom stereocenters. The van der Waals surface area contributed by atoms with Gasteiger partial charge in [0, 0.05) is 26.7 Å². The molecule has 1 heterocycles. The third kappa shape index (κ3) is 6.94. The molecule has 0 amide bonds. The number of piperidine rings is 1. The summed E-state index contributed by atoms with van der Waals surface area (Å²) in [6.45, 7) is 9.74. The third-order valence-electron chi connectivity index (χ3n) is 4.73. The van der Waals surface area contributed by atoms with E-state index in [2.05, 4.69) is 46.5 Å². The van der Waals surface area contributed by atoms with E-state index in [0.29, 0.717) is 5.92 Å². The van der Waals surface area contributed by atoms with Gasteiger partial charge < -0.3 is 15.4 Å². The molecule has 1 aromatic carbocycles. The highest BCUT2D eigenvalue weighted by Crippen LogP contribution is 2.19. The number of rotatable bonds is 7. The van der Waals surface area contributed by atoms with Crippen LogP contribution in [0.4, 0.5) is 0 Å². The van der Waals surface area contributed by atoms with Crippen LogP contribution >= 0.6 is 0 Å². The average Bonchev–Trinajstić information content (AvgIpc) is 2.63. The zero-order valence-corrected chi connectivity index (χ0v) is 16.2. The van der Waals surface area contributed by atoms with Crippen molar-refractivity contribution in [2.24, 2.45) is 16.8 Å². The quantitative estimate of drug-likeness (QED) is 0.589. The van der Waals surface area contributed by atoms with Gasteiger partial charge in [-0.1, -0.05) is 26.0 Å². The van der Waals surface area contributed by atoms with E-state index in [1.165, 1.54) is 18.4 Å². The van der Waals surface area contributed by atoms with Crippen LogP contribution in [-0.4, -0.2) is 51.2 Å². The van der Waals surface area contributed by atoms with Crippen LogP contribution in [-0.2, 0) is 6.54 Å². The normalized spacial score (nSPS) is 16.9. The van der Waals surface area contributed by atoms with Gasteiger partial charge in [-0.25, -0.2) is 0 Å². The van der Waals surface area contributed by atoms with E-state index in [1.54, 1.807) is 7.11 Å². The van der Waals surface area contributed by atoms with Crippen molar-refractivity contribution >= 4 is 5.96 Å². The Kier molecular flexibility index (Phi) is 8.06. The van der Waals surface area contributed by atoms with Gasteiger partial charge in [0.2, 0.25) is 0 Å². The van der Waals surface area contributed by atoms with Crippen molar-refractivity contribution in [1.82, 2.24) is 15.5 Å². The fraction of sp³-hybridized carbons (Fsp3) is 0.650. The van der Waals surface area contributed by atoms with Gasteiger partial charge in [-0.3, -0.25) is 9.89 Å². The maximum Gasteiger partial charge on any atom is 0.190 e. The summed E-state index contributed by atoms with van der Waals surface area (Å²) in [4.78, 5) is 6.85. The van der Waals surface area contributed by atoms with Crippen molar-refractivity contribution in [3.63, 3.8) is 0 Å². The van der Waals surface area contributed by atoms with Crippen LogP contribution in [0.1, 0.15) is 32.3 Å². The maximum atomic E-state index is 5.22. The lowest BCUT2D eigenvalue weighted by molar-refractivity contribution is 0.178. The van der Waals surface area contributed by atoms with Crippen LogP contribution in [0.2, 0.25) is 0 Å². The molecule has 0 aliphatic carbocycles. The SMILES string of the molecule is CN=C(NCC(C)C)NCC1CCN(Cc2ccc(OC)cc2)CC1. The topological polar surface area (TPSA) is 48.9 Å². The van der Waals surface area contributed by atoms with Gasteiger partial charge in [0.25, 0.3) is 0 Å². The van der Waals surface area contributed by atoms with Crippen LogP contribution in [0.15, 0.2) is 29.3 Å².